The first kappa shape index (κ1) is 9.35. The van der Waals surface area contributed by atoms with E-state index in [4.69, 9.17) is 5.21 Å². The third-order valence-corrected chi connectivity index (χ3v) is 2.14. The molecule has 1 N–H and O–H groups in total. The summed E-state index contributed by atoms with van der Waals surface area (Å²) in [5, 5.41) is 10.5. The highest BCUT2D eigenvalue weighted by Gasteiger charge is 2.42. The van der Waals surface area contributed by atoms with Gasteiger partial charge in [-0.25, -0.2) is 0 Å². The number of alkyl halides is 3. The smallest absolute Gasteiger partial charge is 0.411 e. The summed E-state index contributed by atoms with van der Waals surface area (Å²) in [4.78, 5) is 0. The van der Waals surface area contributed by atoms with E-state index in [0.29, 0.717) is 12.8 Å². The average molecular weight is 181 g/mol. The Balaban J connectivity index is 2.69. The number of hydrogen-bond acceptors (Lipinski definition) is 2. The standard InChI is InChI=1S/C7H10F3NO/c8-7(9,10)6(11-12)5-3-1-2-4-5/h5,12H,1-4H2/b11-6-. The Hall–Kier alpha value is -0.740. The molecular weight excluding hydrogens is 171 g/mol. The van der Waals surface area contributed by atoms with E-state index < -0.39 is 17.8 Å². The van der Waals surface area contributed by atoms with Gasteiger partial charge < -0.3 is 5.21 Å². The monoisotopic (exact) mass is 181 g/mol. The molecule has 1 aliphatic carbocycles. The lowest BCUT2D eigenvalue weighted by molar-refractivity contribution is -0.0651. The van der Waals surface area contributed by atoms with Gasteiger partial charge in [-0.15, -0.1) is 0 Å². The summed E-state index contributed by atoms with van der Waals surface area (Å²) in [5.74, 6) is -0.588. The number of halogens is 3. The summed E-state index contributed by atoms with van der Waals surface area (Å²) in [5.41, 5.74) is -1.01. The van der Waals surface area contributed by atoms with Gasteiger partial charge >= 0.3 is 6.18 Å². The minimum absolute atomic E-state index is 0.485. The number of nitrogens with zero attached hydrogens (tertiary/aromatic N) is 1. The van der Waals surface area contributed by atoms with Crippen LogP contribution in [0.5, 0.6) is 0 Å². The quantitative estimate of drug-likeness (QED) is 0.376. The molecule has 0 bridgehead atoms. The predicted molar refractivity (Wildman–Crippen MR) is 37.2 cm³/mol. The number of hydrogen-bond donors (Lipinski definition) is 1. The molecule has 0 saturated heterocycles. The van der Waals surface area contributed by atoms with E-state index in [0.717, 1.165) is 12.8 Å². The first-order valence-electron chi connectivity index (χ1n) is 3.85. The van der Waals surface area contributed by atoms with E-state index in [1.54, 1.807) is 0 Å². The Bertz CT molecular complexity index is 182. The lowest BCUT2D eigenvalue weighted by Crippen LogP contribution is -2.29. The molecular formula is C7H10F3NO. The topological polar surface area (TPSA) is 32.6 Å². The third-order valence-electron chi connectivity index (χ3n) is 2.14. The summed E-state index contributed by atoms with van der Waals surface area (Å²) < 4.78 is 36.2. The fraction of sp³-hybridized carbons (Fsp3) is 0.857. The highest BCUT2D eigenvalue weighted by molar-refractivity contribution is 5.91. The molecule has 0 aromatic rings. The van der Waals surface area contributed by atoms with Crippen LogP contribution in [0.3, 0.4) is 0 Å². The molecule has 70 valence electrons. The van der Waals surface area contributed by atoms with Crippen LogP contribution < -0.4 is 0 Å². The molecule has 1 fully saturated rings. The molecule has 12 heavy (non-hydrogen) atoms. The molecule has 0 aromatic heterocycles. The van der Waals surface area contributed by atoms with Crippen molar-refractivity contribution in [3.05, 3.63) is 0 Å². The van der Waals surface area contributed by atoms with E-state index in [9.17, 15) is 13.2 Å². The normalized spacial score (nSPS) is 21.8. The van der Waals surface area contributed by atoms with Crippen molar-refractivity contribution in [3.63, 3.8) is 0 Å². The third kappa shape index (κ3) is 1.89. The van der Waals surface area contributed by atoms with E-state index in [2.05, 4.69) is 5.16 Å². The SMILES string of the molecule is O/N=C(/C1CCCC1)C(F)(F)F. The number of rotatable bonds is 1. The molecule has 0 unspecified atom stereocenters. The maximum atomic E-state index is 12.1. The van der Waals surface area contributed by atoms with Crippen molar-refractivity contribution in [1.82, 2.24) is 0 Å². The molecule has 0 aliphatic heterocycles. The summed E-state index contributed by atoms with van der Waals surface area (Å²) in [6, 6.07) is 0. The van der Waals surface area contributed by atoms with Gasteiger partial charge in [0.2, 0.25) is 0 Å². The van der Waals surface area contributed by atoms with Crippen LogP contribution >= 0.6 is 0 Å². The summed E-state index contributed by atoms with van der Waals surface area (Å²) in [7, 11) is 0. The Morgan fingerprint density at radius 2 is 1.75 bits per heavy atom. The van der Waals surface area contributed by atoms with Crippen LogP contribution in [0.4, 0.5) is 13.2 Å². The van der Waals surface area contributed by atoms with Crippen molar-refractivity contribution in [2.24, 2.45) is 11.1 Å². The molecule has 1 rings (SSSR count). The molecule has 0 atom stereocenters. The molecule has 0 spiro atoms. The van der Waals surface area contributed by atoms with Crippen molar-refractivity contribution in [2.45, 2.75) is 31.9 Å². The second-order valence-electron chi connectivity index (χ2n) is 2.96. The first-order valence-corrected chi connectivity index (χ1v) is 3.85. The first-order chi connectivity index (χ1) is 5.55. The Morgan fingerprint density at radius 3 is 2.08 bits per heavy atom. The Kier molecular flexibility index (Phi) is 2.59. The van der Waals surface area contributed by atoms with Gasteiger partial charge in [0.25, 0.3) is 0 Å². The average Bonchev–Trinajstić information content (AvgIpc) is 2.38. The van der Waals surface area contributed by atoms with Crippen molar-refractivity contribution < 1.29 is 18.4 Å². The molecule has 2 nitrogen and oxygen atoms in total. The van der Waals surface area contributed by atoms with Crippen molar-refractivity contribution >= 4 is 5.71 Å². The highest BCUT2D eigenvalue weighted by Crippen LogP contribution is 2.32. The number of oxime groups is 1. The van der Waals surface area contributed by atoms with E-state index in [-0.39, 0.29) is 0 Å². The fourth-order valence-electron chi connectivity index (χ4n) is 1.57. The van der Waals surface area contributed by atoms with Crippen LogP contribution in [-0.4, -0.2) is 17.1 Å². The lowest BCUT2D eigenvalue weighted by Gasteiger charge is -2.13. The second kappa shape index (κ2) is 3.33. The van der Waals surface area contributed by atoms with Gasteiger partial charge in [0, 0.05) is 5.92 Å². The maximum absolute atomic E-state index is 12.1. The minimum atomic E-state index is -4.47. The predicted octanol–water partition coefficient (Wildman–Crippen LogP) is 2.57. The van der Waals surface area contributed by atoms with E-state index in [1.165, 1.54) is 0 Å². The molecule has 0 radical (unpaired) electrons. The van der Waals surface area contributed by atoms with Crippen molar-refractivity contribution in [3.8, 4) is 0 Å². The zero-order chi connectivity index (χ0) is 9.19. The Morgan fingerprint density at radius 1 is 1.25 bits per heavy atom. The van der Waals surface area contributed by atoms with Crippen LogP contribution in [-0.2, 0) is 0 Å². The highest BCUT2D eigenvalue weighted by atomic mass is 19.4. The van der Waals surface area contributed by atoms with Gasteiger partial charge in [-0.2, -0.15) is 13.2 Å². The van der Waals surface area contributed by atoms with Crippen LogP contribution in [0.25, 0.3) is 0 Å². The molecule has 5 heteroatoms. The lowest BCUT2D eigenvalue weighted by atomic mass is 10.0. The summed E-state index contributed by atoms with van der Waals surface area (Å²) in [6.07, 6.45) is -1.92. The van der Waals surface area contributed by atoms with Gasteiger partial charge in [-0.1, -0.05) is 18.0 Å². The van der Waals surface area contributed by atoms with Crippen LogP contribution in [0, 0.1) is 5.92 Å². The van der Waals surface area contributed by atoms with Crippen molar-refractivity contribution in [2.75, 3.05) is 0 Å². The molecule has 0 aromatic carbocycles. The van der Waals surface area contributed by atoms with Crippen LogP contribution in [0.15, 0.2) is 5.16 Å². The zero-order valence-electron chi connectivity index (χ0n) is 6.43. The van der Waals surface area contributed by atoms with Gasteiger partial charge in [-0.3, -0.25) is 0 Å². The van der Waals surface area contributed by atoms with Crippen LogP contribution in [0.1, 0.15) is 25.7 Å². The van der Waals surface area contributed by atoms with Gasteiger partial charge in [-0.05, 0) is 12.8 Å². The summed E-state index contributed by atoms with van der Waals surface area (Å²) in [6.45, 7) is 0. The summed E-state index contributed by atoms with van der Waals surface area (Å²) >= 11 is 0. The Labute approximate surface area is 68.1 Å². The van der Waals surface area contributed by atoms with Gasteiger partial charge in [0.15, 0.2) is 5.71 Å². The molecule has 0 amide bonds. The molecule has 0 heterocycles. The maximum Gasteiger partial charge on any atom is 0.432 e. The molecule has 1 aliphatic rings. The largest absolute Gasteiger partial charge is 0.432 e. The fourth-order valence-corrected chi connectivity index (χ4v) is 1.57. The van der Waals surface area contributed by atoms with Crippen molar-refractivity contribution in [1.29, 1.82) is 0 Å². The van der Waals surface area contributed by atoms with E-state index in [1.807, 2.05) is 0 Å². The molecule has 1 saturated carbocycles. The van der Waals surface area contributed by atoms with E-state index >= 15 is 0 Å². The zero-order valence-corrected chi connectivity index (χ0v) is 6.43. The minimum Gasteiger partial charge on any atom is -0.411 e. The van der Waals surface area contributed by atoms with Gasteiger partial charge in [0.1, 0.15) is 0 Å². The van der Waals surface area contributed by atoms with Crippen LogP contribution in [0.2, 0.25) is 0 Å². The van der Waals surface area contributed by atoms with Gasteiger partial charge in [0.05, 0.1) is 0 Å². The second-order valence-corrected chi connectivity index (χ2v) is 2.96.